The number of nitrogens with one attached hydrogen (secondary N) is 1. The van der Waals surface area contributed by atoms with Crippen LogP contribution in [0.5, 0.6) is 0 Å². The minimum absolute atomic E-state index is 0.0535. The number of hydrogen-bond donors (Lipinski definition) is 3. The van der Waals surface area contributed by atoms with E-state index >= 15 is 0 Å². The number of fused-ring (bicyclic) bond motifs is 1. The molecule has 0 unspecified atom stereocenters. The maximum Gasteiger partial charge on any atom is 0.490 e. The van der Waals surface area contributed by atoms with E-state index in [-0.39, 0.29) is 18.1 Å². The number of aromatic nitrogens is 1. The quantitative estimate of drug-likeness (QED) is 0.470. The van der Waals surface area contributed by atoms with Crippen molar-refractivity contribution < 1.29 is 55.7 Å². The molecule has 4 heterocycles. The highest BCUT2D eigenvalue weighted by molar-refractivity contribution is 7.09. The maximum absolute atomic E-state index is 12.4. The molecule has 0 spiro atoms. The van der Waals surface area contributed by atoms with Crippen LogP contribution in [0.1, 0.15) is 17.7 Å². The summed E-state index contributed by atoms with van der Waals surface area (Å²) in [4.78, 5) is 38.1. The Labute approximate surface area is 216 Å². The van der Waals surface area contributed by atoms with Gasteiger partial charge < -0.3 is 20.3 Å². The molecule has 2 aromatic heterocycles. The minimum atomic E-state index is -5.08. The number of amides is 1. The van der Waals surface area contributed by atoms with Crippen LogP contribution >= 0.6 is 11.3 Å². The molecule has 0 radical (unpaired) electrons. The van der Waals surface area contributed by atoms with Crippen LogP contribution in [0.3, 0.4) is 0 Å². The lowest BCUT2D eigenvalue weighted by Gasteiger charge is -2.33. The van der Waals surface area contributed by atoms with Crippen LogP contribution < -0.4 is 5.32 Å². The monoisotopic (exact) mass is 571 g/mol. The number of halogens is 6. The van der Waals surface area contributed by atoms with Gasteiger partial charge in [0.15, 0.2) is 0 Å². The number of carbonyl (C=O) groups excluding carboxylic acids is 1. The number of nitrogens with zero attached hydrogens (tertiary/aromatic N) is 2. The summed E-state index contributed by atoms with van der Waals surface area (Å²) in [5.41, 5.74) is 0.722. The van der Waals surface area contributed by atoms with Crippen molar-refractivity contribution in [3.8, 4) is 0 Å². The average Bonchev–Trinajstić information content (AvgIpc) is 3.49. The van der Waals surface area contributed by atoms with Gasteiger partial charge in [0.25, 0.3) is 5.91 Å². The van der Waals surface area contributed by atoms with E-state index in [4.69, 9.17) is 24.5 Å². The second-order valence-electron chi connectivity index (χ2n) is 8.10. The minimum Gasteiger partial charge on any atom is -0.475 e. The van der Waals surface area contributed by atoms with Crippen molar-refractivity contribution in [2.24, 2.45) is 5.92 Å². The summed E-state index contributed by atoms with van der Waals surface area (Å²) in [6, 6.07) is 7.93. The average molecular weight is 571 g/mol. The van der Waals surface area contributed by atoms with Gasteiger partial charge in [-0.05, 0) is 48.9 Å². The Morgan fingerprint density at radius 1 is 1.08 bits per heavy atom. The van der Waals surface area contributed by atoms with E-state index in [0.29, 0.717) is 5.92 Å². The first-order valence-electron chi connectivity index (χ1n) is 10.9. The van der Waals surface area contributed by atoms with E-state index in [0.717, 1.165) is 38.2 Å². The highest BCUT2D eigenvalue weighted by atomic mass is 32.1. The summed E-state index contributed by atoms with van der Waals surface area (Å²) in [5.74, 6) is -5.07. The first-order chi connectivity index (χ1) is 17.7. The van der Waals surface area contributed by atoms with E-state index in [9.17, 15) is 31.1 Å². The molecule has 1 amide bonds. The van der Waals surface area contributed by atoms with Crippen LogP contribution in [0.25, 0.3) is 0 Å². The highest BCUT2D eigenvalue weighted by Crippen LogP contribution is 2.34. The summed E-state index contributed by atoms with van der Waals surface area (Å²) in [6.07, 6.45) is -5.07. The Hall–Kier alpha value is -3.24. The number of thiophene rings is 1. The van der Waals surface area contributed by atoms with Crippen molar-refractivity contribution in [3.05, 3.63) is 46.9 Å². The Balaban J connectivity index is 0.000000301. The number of carbonyl (C=O) groups is 3. The number of carboxylic acid groups (broad SMARTS) is 2. The molecule has 16 heteroatoms. The second-order valence-corrected chi connectivity index (χ2v) is 9.13. The number of ether oxygens (including phenoxy) is 1. The van der Waals surface area contributed by atoms with Crippen LogP contribution in [0.2, 0.25) is 0 Å². The number of pyridine rings is 1. The van der Waals surface area contributed by atoms with E-state index in [1.54, 1.807) is 23.7 Å². The van der Waals surface area contributed by atoms with Gasteiger partial charge in [-0.3, -0.25) is 14.7 Å². The summed E-state index contributed by atoms with van der Waals surface area (Å²) >= 11 is 1.80. The molecule has 0 bridgehead atoms. The van der Waals surface area contributed by atoms with E-state index < -0.39 is 24.3 Å². The summed E-state index contributed by atoms with van der Waals surface area (Å²) < 4.78 is 69.6. The van der Waals surface area contributed by atoms with Crippen LogP contribution in [-0.4, -0.2) is 75.6 Å². The van der Waals surface area contributed by atoms with Gasteiger partial charge in [0, 0.05) is 24.2 Å². The molecule has 2 saturated heterocycles. The number of anilines is 1. The molecule has 9 nitrogen and oxygen atoms in total. The zero-order valence-corrected chi connectivity index (χ0v) is 20.2. The fraction of sp³-hybridized carbons (Fsp3) is 0.455. The molecule has 3 N–H and O–H groups in total. The van der Waals surface area contributed by atoms with E-state index in [1.165, 1.54) is 4.88 Å². The van der Waals surface area contributed by atoms with Crippen molar-refractivity contribution in [2.75, 3.05) is 18.4 Å². The fourth-order valence-electron chi connectivity index (χ4n) is 3.59. The smallest absolute Gasteiger partial charge is 0.475 e. The van der Waals surface area contributed by atoms with Gasteiger partial charge >= 0.3 is 24.3 Å². The molecule has 2 fully saturated rings. The second kappa shape index (κ2) is 13.5. The number of hydrogen-bond acceptors (Lipinski definition) is 7. The Bertz CT molecular complexity index is 1030. The SMILES string of the molecule is O=C(Nc1cccnc1)[C@H]1C[C@@H]2CCN(Cc3cccs3)C[C@H]2O1.O=C(O)C(F)(F)F.O=C(O)C(F)(F)F. The van der Waals surface area contributed by atoms with Crippen molar-refractivity contribution in [1.82, 2.24) is 9.88 Å². The molecule has 0 saturated carbocycles. The maximum atomic E-state index is 12.4. The van der Waals surface area contributed by atoms with Gasteiger partial charge in [-0.15, -0.1) is 11.3 Å². The topological polar surface area (TPSA) is 129 Å². The van der Waals surface area contributed by atoms with Gasteiger partial charge in [0.2, 0.25) is 0 Å². The van der Waals surface area contributed by atoms with Gasteiger partial charge in [-0.25, -0.2) is 9.59 Å². The molecule has 4 rings (SSSR count). The van der Waals surface area contributed by atoms with Crippen LogP contribution in [-0.2, 0) is 25.7 Å². The summed E-state index contributed by atoms with van der Waals surface area (Å²) in [6.45, 7) is 2.98. The number of piperidine rings is 1. The molecule has 210 valence electrons. The molecular weight excluding hydrogens is 548 g/mol. The van der Waals surface area contributed by atoms with Crippen LogP contribution in [0.4, 0.5) is 32.0 Å². The van der Waals surface area contributed by atoms with Gasteiger partial charge in [-0.1, -0.05) is 6.07 Å². The van der Waals surface area contributed by atoms with Crippen molar-refractivity contribution in [1.29, 1.82) is 0 Å². The number of rotatable bonds is 4. The molecule has 2 aromatic rings. The molecular formula is C22H23F6N3O6S. The van der Waals surface area contributed by atoms with E-state index in [1.807, 2.05) is 12.1 Å². The molecule has 2 aliphatic heterocycles. The van der Waals surface area contributed by atoms with Gasteiger partial charge in [0.05, 0.1) is 18.0 Å². The fourth-order valence-corrected chi connectivity index (χ4v) is 4.34. The Morgan fingerprint density at radius 2 is 1.71 bits per heavy atom. The normalized spacial score (nSPS) is 21.2. The largest absolute Gasteiger partial charge is 0.490 e. The van der Waals surface area contributed by atoms with Crippen molar-refractivity contribution >= 4 is 34.9 Å². The first kappa shape index (κ1) is 31.0. The third-order valence-electron chi connectivity index (χ3n) is 5.30. The van der Waals surface area contributed by atoms with Crippen LogP contribution in [0.15, 0.2) is 42.0 Å². The van der Waals surface area contributed by atoms with E-state index in [2.05, 4.69) is 32.7 Å². The van der Waals surface area contributed by atoms with Gasteiger partial charge in [-0.2, -0.15) is 26.3 Å². The lowest BCUT2D eigenvalue weighted by Crippen LogP contribution is -2.41. The number of alkyl halides is 6. The Morgan fingerprint density at radius 3 is 2.21 bits per heavy atom. The summed E-state index contributed by atoms with van der Waals surface area (Å²) in [5, 5.41) is 19.3. The summed E-state index contributed by atoms with van der Waals surface area (Å²) in [7, 11) is 0. The molecule has 2 aliphatic rings. The zero-order chi connectivity index (χ0) is 28.5. The molecule has 0 aromatic carbocycles. The number of aliphatic carboxylic acids is 2. The first-order valence-corrected chi connectivity index (χ1v) is 11.8. The third-order valence-corrected chi connectivity index (χ3v) is 6.16. The van der Waals surface area contributed by atoms with Crippen molar-refractivity contribution in [3.63, 3.8) is 0 Å². The third kappa shape index (κ3) is 10.3. The highest BCUT2D eigenvalue weighted by Gasteiger charge is 2.42. The lowest BCUT2D eigenvalue weighted by atomic mass is 9.91. The van der Waals surface area contributed by atoms with Crippen molar-refractivity contribution in [2.45, 2.75) is 43.9 Å². The molecule has 38 heavy (non-hydrogen) atoms. The Kier molecular flexibility index (Phi) is 11.0. The zero-order valence-electron chi connectivity index (χ0n) is 19.4. The van der Waals surface area contributed by atoms with Crippen LogP contribution in [0, 0.1) is 5.92 Å². The molecule has 3 atom stereocenters. The predicted molar refractivity (Wildman–Crippen MR) is 121 cm³/mol. The number of carboxylic acids is 2. The van der Waals surface area contributed by atoms with Gasteiger partial charge in [0.1, 0.15) is 6.10 Å². The lowest BCUT2D eigenvalue weighted by molar-refractivity contribution is -0.193. The standard InChI is InChI=1S/C18H21N3O2S.2C2HF3O2/c22-18(20-14-3-1-6-19-10-14)16-9-13-5-7-21(12-17(13)23-16)11-15-4-2-8-24-15;2*3-2(4,5)1(6)7/h1-4,6,8,10,13,16-17H,5,7,9,11-12H2,(H,20,22);2*(H,6,7)/t13-,16+,17+;;/m0../s1. The predicted octanol–water partition coefficient (Wildman–Crippen LogP) is 4.03. The number of likely N-dealkylation sites (tertiary alicyclic amines) is 1. The molecule has 0 aliphatic carbocycles.